The van der Waals surface area contributed by atoms with E-state index in [4.69, 9.17) is 11.3 Å². The first-order valence-electron chi connectivity index (χ1n) is 6.05. The average Bonchev–Trinajstić information content (AvgIpc) is 2.46. The molecule has 0 aliphatic heterocycles. The van der Waals surface area contributed by atoms with Crippen LogP contribution in [-0.4, -0.2) is 27.1 Å². The lowest BCUT2D eigenvalue weighted by Crippen LogP contribution is -2.24. The summed E-state index contributed by atoms with van der Waals surface area (Å²) in [4.78, 5) is 39.4. The maximum Gasteiger partial charge on any atom is 0.342 e. The number of nitrogens with zero attached hydrogens (tertiary/aromatic N) is 3. The highest BCUT2D eigenvalue weighted by molar-refractivity contribution is 6.08. The second-order valence-corrected chi connectivity index (χ2v) is 4.31. The average molecular weight is 315 g/mol. The van der Waals surface area contributed by atoms with Gasteiger partial charge in [-0.05, 0) is 11.1 Å². The zero-order chi connectivity index (χ0) is 17.1. The highest BCUT2D eigenvalue weighted by atomic mass is 16.4. The van der Waals surface area contributed by atoms with Crippen molar-refractivity contribution in [2.75, 3.05) is 5.73 Å². The fourth-order valence-electron chi connectivity index (χ4n) is 2.14. The van der Waals surface area contributed by atoms with E-state index in [0.717, 1.165) is 0 Å². The number of aromatic carboxylic acids is 2. The molecule has 0 spiro atoms. The van der Waals surface area contributed by atoms with E-state index in [1.807, 2.05) is 4.98 Å². The molecule has 1 heterocycles. The predicted molar refractivity (Wildman–Crippen MR) is 79.6 cm³/mol. The lowest BCUT2D eigenvalue weighted by Gasteiger charge is -2.13. The first kappa shape index (κ1) is 15.6. The van der Waals surface area contributed by atoms with Crippen molar-refractivity contribution in [3.63, 3.8) is 0 Å². The zero-order valence-corrected chi connectivity index (χ0v) is 11.3. The molecule has 1 aromatic heterocycles. The van der Waals surface area contributed by atoms with Crippen LogP contribution in [0.15, 0.2) is 34.2 Å². The SMILES string of the molecule is [N-]=[N+]=Nc1ccccc1-c1c(C(=O)O)c(N)[nH]c(=O)c1C(=O)O. The Labute approximate surface area is 127 Å². The molecule has 0 aliphatic carbocycles. The summed E-state index contributed by atoms with van der Waals surface area (Å²) in [5, 5.41) is 22.0. The van der Waals surface area contributed by atoms with Crippen molar-refractivity contribution in [2.24, 2.45) is 5.11 Å². The largest absolute Gasteiger partial charge is 0.478 e. The fraction of sp³-hybridized carbons (Fsp3) is 0. The summed E-state index contributed by atoms with van der Waals surface area (Å²) in [7, 11) is 0. The van der Waals surface area contributed by atoms with Crippen molar-refractivity contribution in [3.8, 4) is 11.1 Å². The Morgan fingerprint density at radius 3 is 2.35 bits per heavy atom. The molecule has 116 valence electrons. The number of hydrogen-bond donors (Lipinski definition) is 4. The molecule has 0 bridgehead atoms. The summed E-state index contributed by atoms with van der Waals surface area (Å²) in [6.07, 6.45) is 0. The van der Waals surface area contributed by atoms with Gasteiger partial charge in [0.25, 0.3) is 5.56 Å². The Hall–Kier alpha value is -3.78. The van der Waals surface area contributed by atoms with E-state index >= 15 is 0 Å². The van der Waals surface area contributed by atoms with E-state index in [1.165, 1.54) is 24.3 Å². The third kappa shape index (κ3) is 2.69. The number of nitrogens with one attached hydrogen (secondary N) is 1. The maximum absolute atomic E-state index is 11.9. The Kier molecular flexibility index (Phi) is 4.01. The Morgan fingerprint density at radius 1 is 1.17 bits per heavy atom. The number of aromatic amines is 1. The lowest BCUT2D eigenvalue weighted by molar-refractivity contribution is 0.0695. The van der Waals surface area contributed by atoms with Crippen molar-refractivity contribution >= 4 is 23.4 Å². The van der Waals surface area contributed by atoms with Gasteiger partial charge in [0.1, 0.15) is 16.9 Å². The van der Waals surface area contributed by atoms with Crippen LogP contribution >= 0.6 is 0 Å². The van der Waals surface area contributed by atoms with Crippen LogP contribution in [-0.2, 0) is 0 Å². The summed E-state index contributed by atoms with van der Waals surface area (Å²) in [5.74, 6) is -3.68. The molecule has 2 rings (SSSR count). The number of carbonyl (C=O) groups is 2. The van der Waals surface area contributed by atoms with Crippen LogP contribution in [0.1, 0.15) is 20.7 Å². The number of carboxylic acid groups (broad SMARTS) is 2. The number of nitrogen functional groups attached to an aromatic ring is 1. The minimum Gasteiger partial charge on any atom is -0.478 e. The van der Waals surface area contributed by atoms with Gasteiger partial charge in [0.2, 0.25) is 0 Å². The molecule has 0 fully saturated rings. The second-order valence-electron chi connectivity index (χ2n) is 4.31. The molecule has 23 heavy (non-hydrogen) atoms. The van der Waals surface area contributed by atoms with Gasteiger partial charge in [0, 0.05) is 16.2 Å². The van der Waals surface area contributed by atoms with Gasteiger partial charge in [-0.25, -0.2) is 9.59 Å². The molecule has 10 heteroatoms. The third-order valence-electron chi connectivity index (χ3n) is 3.00. The van der Waals surface area contributed by atoms with Gasteiger partial charge in [-0.2, -0.15) is 0 Å². The number of aromatic nitrogens is 1. The topological polar surface area (TPSA) is 182 Å². The molecule has 0 saturated heterocycles. The standard InChI is InChI=1S/C13H9N5O5/c14-10-8(12(20)21)7(9(13(22)23)11(19)16-10)5-3-1-2-4-6(5)17-18-15/h1-4H,(H,20,21)(H,22,23)(H3,14,16,19). The normalized spacial score (nSPS) is 9.91. The zero-order valence-electron chi connectivity index (χ0n) is 11.3. The van der Waals surface area contributed by atoms with Crippen LogP contribution < -0.4 is 11.3 Å². The van der Waals surface area contributed by atoms with Gasteiger partial charge >= 0.3 is 11.9 Å². The molecule has 0 aliphatic rings. The van der Waals surface area contributed by atoms with E-state index in [1.54, 1.807) is 0 Å². The number of benzene rings is 1. The lowest BCUT2D eigenvalue weighted by atomic mass is 9.94. The van der Waals surface area contributed by atoms with Gasteiger partial charge in [-0.1, -0.05) is 29.4 Å². The quantitative estimate of drug-likeness (QED) is 0.379. The Balaban J connectivity index is 3.07. The van der Waals surface area contributed by atoms with Crippen molar-refractivity contribution in [1.82, 2.24) is 4.98 Å². The minimum atomic E-state index is -1.64. The van der Waals surface area contributed by atoms with E-state index in [9.17, 15) is 24.6 Å². The number of carboxylic acids is 2. The monoisotopic (exact) mass is 315 g/mol. The smallest absolute Gasteiger partial charge is 0.342 e. The molecule has 0 atom stereocenters. The summed E-state index contributed by atoms with van der Waals surface area (Å²) < 4.78 is 0. The second kappa shape index (κ2) is 5.92. The number of nitrogens with two attached hydrogens (primary N) is 1. The molecule has 0 amide bonds. The minimum absolute atomic E-state index is 0.0297. The number of H-pyrrole nitrogens is 1. The molecule has 5 N–H and O–H groups in total. The number of pyridine rings is 1. The van der Waals surface area contributed by atoms with Gasteiger partial charge in [-0.3, -0.25) is 4.79 Å². The third-order valence-corrected chi connectivity index (χ3v) is 3.00. The molecule has 10 nitrogen and oxygen atoms in total. The summed E-state index contributed by atoms with van der Waals surface area (Å²) >= 11 is 0. The maximum atomic E-state index is 11.9. The summed E-state index contributed by atoms with van der Waals surface area (Å²) in [5.41, 5.74) is 11.2. The van der Waals surface area contributed by atoms with Gasteiger partial charge in [0.05, 0.1) is 0 Å². The fourth-order valence-corrected chi connectivity index (χ4v) is 2.14. The van der Waals surface area contributed by atoms with Crippen molar-refractivity contribution in [1.29, 1.82) is 0 Å². The molecule has 0 radical (unpaired) electrons. The van der Waals surface area contributed by atoms with Crippen molar-refractivity contribution in [3.05, 3.63) is 56.2 Å². The van der Waals surface area contributed by atoms with Crippen molar-refractivity contribution < 1.29 is 19.8 Å². The first-order valence-corrected chi connectivity index (χ1v) is 6.05. The van der Waals surface area contributed by atoms with E-state index < -0.39 is 40.0 Å². The van der Waals surface area contributed by atoms with E-state index in [0.29, 0.717) is 0 Å². The number of rotatable bonds is 4. The highest BCUT2D eigenvalue weighted by Crippen LogP contribution is 2.35. The molecular weight excluding hydrogens is 306 g/mol. The Morgan fingerprint density at radius 2 is 1.78 bits per heavy atom. The van der Waals surface area contributed by atoms with Crippen LogP contribution in [0.4, 0.5) is 11.5 Å². The van der Waals surface area contributed by atoms with Crippen LogP contribution in [0.5, 0.6) is 0 Å². The van der Waals surface area contributed by atoms with Crippen LogP contribution in [0, 0.1) is 0 Å². The number of azide groups is 1. The summed E-state index contributed by atoms with van der Waals surface area (Å²) in [6, 6.07) is 5.66. The first-order chi connectivity index (χ1) is 10.9. The molecule has 0 saturated carbocycles. The molecule has 1 aromatic carbocycles. The number of hydrogen-bond acceptors (Lipinski definition) is 5. The van der Waals surface area contributed by atoms with Crippen molar-refractivity contribution in [2.45, 2.75) is 0 Å². The van der Waals surface area contributed by atoms with E-state index in [2.05, 4.69) is 10.0 Å². The highest BCUT2D eigenvalue weighted by Gasteiger charge is 2.27. The Bertz CT molecular complexity index is 927. The van der Waals surface area contributed by atoms with Gasteiger partial charge in [-0.15, -0.1) is 0 Å². The summed E-state index contributed by atoms with van der Waals surface area (Å²) in [6.45, 7) is 0. The predicted octanol–water partition coefficient (Wildman–Crippen LogP) is 1.96. The van der Waals surface area contributed by atoms with Gasteiger partial charge in [0.15, 0.2) is 0 Å². The van der Waals surface area contributed by atoms with Crippen LogP contribution in [0.25, 0.3) is 21.6 Å². The van der Waals surface area contributed by atoms with Crippen LogP contribution in [0.2, 0.25) is 0 Å². The molecular formula is C13H9N5O5. The molecule has 0 unspecified atom stereocenters. The van der Waals surface area contributed by atoms with E-state index in [-0.39, 0.29) is 11.3 Å². The number of anilines is 1. The molecule has 2 aromatic rings. The van der Waals surface area contributed by atoms with Gasteiger partial charge < -0.3 is 20.9 Å². The van der Waals surface area contributed by atoms with Crippen LogP contribution in [0.3, 0.4) is 0 Å².